The summed E-state index contributed by atoms with van der Waals surface area (Å²) in [4.78, 5) is 37.6. The number of hydrogen-bond donors (Lipinski definition) is 0. The zero-order chi connectivity index (χ0) is 67.5. The van der Waals surface area contributed by atoms with Crippen molar-refractivity contribution in [3.05, 3.63) is 170 Å². The highest BCUT2D eigenvalue weighted by Crippen LogP contribution is 2.17. The highest BCUT2D eigenvalue weighted by Gasteiger charge is 2.22. The number of carbonyl (C=O) groups excluding carboxylic acids is 3. The summed E-state index contributed by atoms with van der Waals surface area (Å²) in [6.45, 7) is 4.52. The number of carboxylic acids is 1. The molecule has 2 atom stereocenters. The van der Waals surface area contributed by atoms with E-state index in [0.717, 1.165) is 141 Å². The van der Waals surface area contributed by atoms with E-state index in [1.54, 1.807) is 0 Å². The fraction of sp³-hybridized carbons (Fsp3) is 0.631. The van der Waals surface area contributed by atoms with Gasteiger partial charge in [-0.1, -0.05) is 312 Å². The SMILES string of the molecule is CC/C=C\C/C=C\C/C=C\C/C=C\C/C=C\C/C=C\C/C=C\CCCCCCCCCCCCCCCC(=O)OC(COC(=O)CCCCCCCCCCCCC/C=C\C/C=C\C/C=C\C/C=C\C/C=C\C/C=C\C/C=C\CC)COC(OCC[N+](C)(C)C)C(=O)[O-]. The van der Waals surface area contributed by atoms with Crippen LogP contribution in [0.2, 0.25) is 0 Å². The molecule has 93 heavy (non-hydrogen) atoms. The largest absolute Gasteiger partial charge is 0.545 e. The average molecular weight is 1290 g/mol. The third kappa shape index (κ3) is 73.9. The lowest BCUT2D eigenvalue weighted by molar-refractivity contribution is -0.870. The maximum Gasteiger partial charge on any atom is 0.306 e. The number of hydrogen-bond acceptors (Lipinski definition) is 8. The van der Waals surface area contributed by atoms with E-state index in [4.69, 9.17) is 18.9 Å². The molecule has 0 rings (SSSR count). The van der Waals surface area contributed by atoms with E-state index in [1.807, 2.05) is 21.1 Å². The molecule has 0 spiro atoms. The van der Waals surface area contributed by atoms with Gasteiger partial charge in [-0.25, -0.2) is 0 Å². The number of unbranched alkanes of at least 4 members (excludes halogenated alkanes) is 24. The molecule has 0 saturated heterocycles. The van der Waals surface area contributed by atoms with Gasteiger partial charge in [0.25, 0.3) is 0 Å². The lowest BCUT2D eigenvalue weighted by atomic mass is 10.0. The van der Waals surface area contributed by atoms with Gasteiger partial charge in [0.1, 0.15) is 13.2 Å². The predicted molar refractivity (Wildman–Crippen MR) is 398 cm³/mol. The topological polar surface area (TPSA) is 111 Å². The number of carbonyl (C=O) groups is 3. The zero-order valence-corrected chi connectivity index (χ0v) is 60.1. The minimum atomic E-state index is -1.63. The molecule has 0 amide bonds. The van der Waals surface area contributed by atoms with Crippen molar-refractivity contribution in [2.24, 2.45) is 0 Å². The lowest BCUT2D eigenvalue weighted by Crippen LogP contribution is -2.44. The second-order valence-corrected chi connectivity index (χ2v) is 25.5. The summed E-state index contributed by atoms with van der Waals surface area (Å²) < 4.78 is 22.8. The first kappa shape index (κ1) is 87.7. The van der Waals surface area contributed by atoms with Crippen molar-refractivity contribution >= 4 is 17.9 Å². The van der Waals surface area contributed by atoms with Crippen LogP contribution >= 0.6 is 0 Å². The molecule has 526 valence electrons. The van der Waals surface area contributed by atoms with Gasteiger partial charge in [0.15, 0.2) is 12.4 Å². The van der Waals surface area contributed by atoms with Crippen LogP contribution in [0.3, 0.4) is 0 Å². The Morgan fingerprint density at radius 1 is 0.323 bits per heavy atom. The summed E-state index contributed by atoms with van der Waals surface area (Å²) in [5, 5.41) is 11.9. The standard InChI is InChI=1S/C84H137NO8/c1-6-8-10-12-14-16-18-20-22-24-26-28-30-32-34-36-38-40-41-43-45-47-49-51-53-55-57-59-61-63-65-67-69-71-73-75-82(87)93-80(79-92-84(83(88)89)90-77-76-85(3,4)5)78-91-81(86)74-72-70-68-66-64-62-60-58-56-54-52-50-48-46-44-42-39-37-35-33-31-29-27-25-23-21-19-17-15-13-11-9-7-2/h8-11,14-17,20-23,26-29,32-35,38-40,42-43,45-46,48,80,84H,6-7,12-13,18-19,24-25,30-31,36-37,41,44,47,49-79H2,1-5H3/b10-8-,11-9-,16-14-,17-15-,22-20-,23-21-,28-26-,29-27-,34-32-,35-33-,40-38-,42-39-,45-43-,48-46-. The Kier molecular flexibility index (Phi) is 68.3. The molecule has 0 heterocycles. The molecule has 0 aromatic rings. The number of allylic oxidation sites excluding steroid dienone is 28. The van der Waals surface area contributed by atoms with Crippen LogP contribution in [0.1, 0.15) is 284 Å². The van der Waals surface area contributed by atoms with E-state index in [2.05, 4.69) is 184 Å². The average Bonchev–Trinajstić information content (AvgIpc) is 3.74. The smallest absolute Gasteiger partial charge is 0.306 e. The van der Waals surface area contributed by atoms with Crippen molar-refractivity contribution < 1.29 is 42.9 Å². The van der Waals surface area contributed by atoms with Crippen molar-refractivity contribution in [3.8, 4) is 0 Å². The van der Waals surface area contributed by atoms with Crippen LogP contribution in [0.5, 0.6) is 0 Å². The molecule has 0 radical (unpaired) electrons. The molecule has 0 saturated carbocycles. The maximum atomic E-state index is 13.0. The molecule has 0 N–H and O–H groups in total. The summed E-state index contributed by atoms with van der Waals surface area (Å²) >= 11 is 0. The summed E-state index contributed by atoms with van der Waals surface area (Å²) in [6, 6.07) is 0. The van der Waals surface area contributed by atoms with Crippen LogP contribution in [-0.4, -0.2) is 82.3 Å². The molecule has 0 aromatic carbocycles. The molecule has 0 aliphatic heterocycles. The Bertz CT molecular complexity index is 2140. The Morgan fingerprint density at radius 3 is 0.860 bits per heavy atom. The monoisotopic (exact) mass is 1290 g/mol. The number of ether oxygens (including phenoxy) is 4. The molecule has 0 aliphatic carbocycles. The van der Waals surface area contributed by atoms with Gasteiger partial charge in [-0.3, -0.25) is 9.59 Å². The van der Waals surface area contributed by atoms with Crippen LogP contribution < -0.4 is 5.11 Å². The maximum absolute atomic E-state index is 13.0. The molecular weight excluding hydrogens is 1150 g/mol. The number of aliphatic carboxylic acids is 1. The van der Waals surface area contributed by atoms with Gasteiger partial charge >= 0.3 is 11.9 Å². The normalized spacial score (nSPS) is 13.7. The number of nitrogens with zero attached hydrogens (tertiary/aromatic N) is 1. The molecule has 9 heteroatoms. The zero-order valence-electron chi connectivity index (χ0n) is 60.1. The van der Waals surface area contributed by atoms with Crippen LogP contribution in [0.25, 0.3) is 0 Å². The second kappa shape index (κ2) is 72.5. The van der Waals surface area contributed by atoms with E-state index in [9.17, 15) is 19.5 Å². The van der Waals surface area contributed by atoms with Crippen molar-refractivity contribution in [1.29, 1.82) is 0 Å². The van der Waals surface area contributed by atoms with E-state index < -0.39 is 24.3 Å². The van der Waals surface area contributed by atoms with E-state index in [-0.39, 0.29) is 38.6 Å². The van der Waals surface area contributed by atoms with Crippen molar-refractivity contribution in [1.82, 2.24) is 0 Å². The molecule has 0 aromatic heterocycles. The lowest BCUT2D eigenvalue weighted by Gasteiger charge is -2.26. The Hall–Kier alpha value is -5.35. The number of likely N-dealkylation sites (N-methyl/N-ethyl adjacent to an activating group) is 1. The van der Waals surface area contributed by atoms with Crippen LogP contribution in [0.15, 0.2) is 170 Å². The van der Waals surface area contributed by atoms with Gasteiger partial charge in [-0.05, 0) is 128 Å². The highest BCUT2D eigenvalue weighted by molar-refractivity contribution is 5.70. The first-order chi connectivity index (χ1) is 45.6. The molecule has 0 aliphatic rings. The first-order valence-corrected chi connectivity index (χ1v) is 37.3. The summed E-state index contributed by atoms with van der Waals surface area (Å²) in [5.41, 5.74) is 0. The summed E-state index contributed by atoms with van der Waals surface area (Å²) in [5.74, 6) is -2.30. The minimum Gasteiger partial charge on any atom is -0.545 e. The molecule has 0 fully saturated rings. The second-order valence-electron chi connectivity index (χ2n) is 25.5. The van der Waals surface area contributed by atoms with E-state index in [1.165, 1.54) is 109 Å². The van der Waals surface area contributed by atoms with E-state index >= 15 is 0 Å². The van der Waals surface area contributed by atoms with Gasteiger partial charge in [0.2, 0.25) is 0 Å². The summed E-state index contributed by atoms with van der Waals surface area (Å²) in [7, 11) is 5.93. The first-order valence-electron chi connectivity index (χ1n) is 37.3. The van der Waals surface area contributed by atoms with Crippen molar-refractivity contribution in [3.63, 3.8) is 0 Å². The molecule has 9 nitrogen and oxygen atoms in total. The van der Waals surface area contributed by atoms with Crippen molar-refractivity contribution in [2.75, 3.05) is 47.5 Å². The highest BCUT2D eigenvalue weighted by atomic mass is 16.7. The molecular formula is C84H137NO8. The van der Waals surface area contributed by atoms with Crippen molar-refractivity contribution in [2.45, 2.75) is 296 Å². The Labute approximate surface area is 571 Å². The fourth-order valence-corrected chi connectivity index (χ4v) is 9.85. The predicted octanol–water partition coefficient (Wildman–Crippen LogP) is 22.5. The van der Waals surface area contributed by atoms with Crippen LogP contribution in [0.4, 0.5) is 0 Å². The molecule has 2 unspecified atom stereocenters. The van der Waals surface area contributed by atoms with Gasteiger partial charge in [-0.2, -0.15) is 0 Å². The van der Waals surface area contributed by atoms with E-state index in [0.29, 0.717) is 17.4 Å². The van der Waals surface area contributed by atoms with Crippen LogP contribution in [-0.2, 0) is 33.3 Å². The summed E-state index contributed by atoms with van der Waals surface area (Å²) in [6.07, 6.45) is 106. The van der Waals surface area contributed by atoms with Gasteiger partial charge in [0.05, 0.1) is 40.3 Å². The third-order valence-electron chi connectivity index (χ3n) is 15.5. The van der Waals surface area contributed by atoms with Crippen LogP contribution in [0, 0.1) is 0 Å². The van der Waals surface area contributed by atoms with Gasteiger partial charge in [0, 0.05) is 12.8 Å². The minimum absolute atomic E-state index is 0.140. The number of quaternary nitrogens is 1. The van der Waals surface area contributed by atoms with Gasteiger partial charge < -0.3 is 33.3 Å². The van der Waals surface area contributed by atoms with Gasteiger partial charge in [-0.15, -0.1) is 0 Å². The number of esters is 2. The number of carboxylic acid groups (broad SMARTS) is 1. The quantitative estimate of drug-likeness (QED) is 0.0195. The fourth-order valence-electron chi connectivity index (χ4n) is 9.85. The Morgan fingerprint density at radius 2 is 0.581 bits per heavy atom. The Balaban J connectivity index is 4.14. The number of rotatable bonds is 67. The third-order valence-corrected chi connectivity index (χ3v) is 15.5. The molecule has 0 bridgehead atoms.